The number of carbonyl (C=O) groups is 12. The highest BCUT2D eigenvalue weighted by molar-refractivity contribution is 6.12. The molecule has 28 nitrogen and oxygen atoms in total. The lowest BCUT2D eigenvalue weighted by molar-refractivity contribution is -0.164. The lowest BCUT2D eigenvalue weighted by Crippen LogP contribution is -2.61. The number of aromatic nitrogens is 1. The molecule has 482 valence electrons. The van der Waals surface area contributed by atoms with Crippen LogP contribution in [0.15, 0.2) is 15.3 Å². The topological polar surface area (TPSA) is 360 Å². The summed E-state index contributed by atoms with van der Waals surface area (Å²) in [6.07, 6.45) is -1.87. The summed E-state index contributed by atoms with van der Waals surface area (Å²) >= 11 is 0. The summed E-state index contributed by atoms with van der Waals surface area (Å²) in [4.78, 5) is 200. The van der Waals surface area contributed by atoms with Crippen LogP contribution in [0.3, 0.4) is 0 Å². The predicted molar refractivity (Wildman–Crippen MR) is 319 cm³/mol. The summed E-state index contributed by atoms with van der Waals surface area (Å²) in [5.74, 6) is -12.5. The van der Waals surface area contributed by atoms with Gasteiger partial charge < -0.3 is 70.3 Å². The van der Waals surface area contributed by atoms with Crippen molar-refractivity contribution in [3.63, 3.8) is 0 Å². The molecular formula is C61H82N12O16. The monoisotopic (exact) mass is 1240 g/mol. The lowest BCUT2D eigenvalue weighted by Gasteiger charge is -2.38. The Labute approximate surface area is 514 Å². The Morgan fingerprint density at radius 1 is 0.663 bits per heavy atom. The van der Waals surface area contributed by atoms with E-state index in [1.54, 1.807) is 62.3 Å². The van der Waals surface area contributed by atoms with Crippen molar-refractivity contribution in [2.75, 3.05) is 60.1 Å². The van der Waals surface area contributed by atoms with Crippen molar-refractivity contribution < 1.29 is 71.4 Å². The molecule has 0 spiro atoms. The van der Waals surface area contributed by atoms with E-state index < -0.39 is 191 Å². The Balaban J connectivity index is 1.27. The van der Waals surface area contributed by atoms with Gasteiger partial charge in [-0.2, -0.15) is 0 Å². The molecule has 0 bridgehead atoms. The molecule has 7 aliphatic rings. The van der Waals surface area contributed by atoms with E-state index in [0.717, 1.165) is 9.80 Å². The third-order valence-corrected chi connectivity index (χ3v) is 17.7. The van der Waals surface area contributed by atoms with Gasteiger partial charge in [0, 0.05) is 52.4 Å². The van der Waals surface area contributed by atoms with E-state index >= 15 is 4.79 Å². The highest BCUT2D eigenvalue weighted by Gasteiger charge is 2.49. The maximum atomic E-state index is 15.3. The van der Waals surface area contributed by atoms with Crippen molar-refractivity contribution in [2.45, 2.75) is 162 Å². The lowest BCUT2D eigenvalue weighted by atomic mass is 9.88. The first-order valence-electron chi connectivity index (χ1n) is 30.2. The Bertz CT molecular complexity index is 3470. The van der Waals surface area contributed by atoms with E-state index in [-0.39, 0.29) is 65.0 Å². The van der Waals surface area contributed by atoms with Gasteiger partial charge in [-0.05, 0) is 81.8 Å². The van der Waals surface area contributed by atoms with Gasteiger partial charge in [0.05, 0.1) is 29.9 Å². The fraction of sp³-hybridized carbons (Fsp3) is 0.607. The minimum absolute atomic E-state index is 0.100. The first kappa shape index (κ1) is 66.2. The molecular weight excluding hydrogens is 1160 g/mol. The van der Waals surface area contributed by atoms with E-state index in [0.29, 0.717) is 12.8 Å². The largest absolute Gasteiger partial charge is 0.458 e. The van der Waals surface area contributed by atoms with Crippen LogP contribution in [0.5, 0.6) is 0 Å². The third-order valence-electron chi connectivity index (χ3n) is 17.7. The van der Waals surface area contributed by atoms with Gasteiger partial charge in [-0.3, -0.25) is 52.7 Å². The number of carbonyl (C=O) groups excluding carboxylic acids is 12. The second-order valence-electron chi connectivity index (χ2n) is 25.5. The van der Waals surface area contributed by atoms with Crippen molar-refractivity contribution in [2.24, 2.45) is 23.7 Å². The number of aryl methyl sites for hydroxylation is 1. The van der Waals surface area contributed by atoms with Crippen LogP contribution >= 0.6 is 0 Å². The van der Waals surface area contributed by atoms with Crippen LogP contribution in [0, 0.1) is 37.5 Å². The van der Waals surface area contributed by atoms with Gasteiger partial charge >= 0.3 is 11.9 Å². The van der Waals surface area contributed by atoms with Crippen molar-refractivity contribution in [3.05, 3.63) is 44.1 Å². The number of ether oxygens (including phenoxy) is 2. The SMILES string of the molecule is Cc1c2oc3c(C)cc4c(c3nc-2c(C(=O)N[C@@H]2C(=O)NC(C(C)C)C(=O)N3CCC[C@H]3C(=O)N(C)CC(=O)N(C)C(C(C)C)C(=O)O[C@@H]2C)c(N)c1=O)C(=O)N[C@@H]1C(=O)NC(C(C)C)C(=O)N2CCC[C@H]2C(=O)N(C)CC(=O)N(C)C(C(C)C)C(=O)O[C@H]41. The van der Waals surface area contributed by atoms with Gasteiger partial charge in [-0.1, -0.05) is 55.4 Å². The molecule has 8 rings (SSSR count). The molecule has 4 fully saturated rings. The third kappa shape index (κ3) is 12.4. The molecule has 89 heavy (non-hydrogen) atoms. The fourth-order valence-electron chi connectivity index (χ4n) is 12.8. The average molecular weight is 1240 g/mol. The number of likely N-dealkylation sites (N-methyl/N-ethyl adjacent to an activating group) is 4. The van der Waals surface area contributed by atoms with Gasteiger partial charge in [0.25, 0.3) is 11.8 Å². The fourth-order valence-corrected chi connectivity index (χ4v) is 12.8. The zero-order chi connectivity index (χ0) is 65.8. The molecule has 1 aromatic rings. The standard InChI is InChI=1S/C61H82N12O16/c1-25(2)40-58(83)72-20-16-18-33(72)56(81)68(12)23-35(74)70(14)46(27(5)6)60(85)87-31(11)42(54(79)64-40)66-53(78)38-39(62)48(76)30(10)50-44(38)63-43-37-32(22-29(9)49(43)88-50)51-45(67-52(37)77)55(80)65-41(26(3)4)59(84)73-21-17-19-34(73)57(82)69(13)24-36(75)71(15)47(28(7)8)61(86)89-51/h22,25-28,31,33-34,40-42,45-47,51H,16-21,23-24,62H2,1-15H3,(H,64,79)(H,65,80)(H,66,78)(H,67,77)/t31-,33+,34+,40?,41?,42+,45+,46?,47?,51-/m1/s1. The Kier molecular flexibility index (Phi) is 19.2. The normalized spacial score (nSPS) is 26.9. The summed E-state index contributed by atoms with van der Waals surface area (Å²) < 4.78 is 18.7. The number of benzene rings is 2. The van der Waals surface area contributed by atoms with E-state index in [1.807, 2.05) is 0 Å². The number of hydrogen-bond donors (Lipinski definition) is 5. The highest BCUT2D eigenvalue weighted by Crippen LogP contribution is 2.41. The summed E-state index contributed by atoms with van der Waals surface area (Å²) in [7, 11) is 5.56. The number of esters is 2. The predicted octanol–water partition coefficient (Wildman–Crippen LogP) is 0.392. The maximum absolute atomic E-state index is 15.3. The van der Waals surface area contributed by atoms with Crippen LogP contribution in [0.25, 0.3) is 22.6 Å². The molecule has 0 saturated carbocycles. The Hall–Kier alpha value is -8.72. The number of nitrogens with two attached hydrogens (primary N) is 1. The molecule has 6 heterocycles. The Morgan fingerprint density at radius 3 is 1.63 bits per heavy atom. The molecule has 6 aliphatic heterocycles. The Morgan fingerprint density at radius 2 is 1.15 bits per heavy atom. The van der Waals surface area contributed by atoms with Crippen LogP contribution in [-0.4, -0.2) is 214 Å². The zero-order valence-corrected chi connectivity index (χ0v) is 53.1. The average Bonchev–Trinajstić information content (AvgIpc) is 1.23. The van der Waals surface area contributed by atoms with Gasteiger partial charge in [-0.25, -0.2) is 14.6 Å². The summed E-state index contributed by atoms with van der Waals surface area (Å²) in [6.45, 7) is 16.9. The van der Waals surface area contributed by atoms with Crippen LogP contribution in [0.1, 0.15) is 132 Å². The quantitative estimate of drug-likeness (QED) is 0.127. The molecule has 1 aromatic carbocycles. The van der Waals surface area contributed by atoms with E-state index in [9.17, 15) is 57.5 Å². The molecule has 10 atom stereocenters. The van der Waals surface area contributed by atoms with Gasteiger partial charge in [0.2, 0.25) is 52.7 Å². The summed E-state index contributed by atoms with van der Waals surface area (Å²) in [5, 5.41) is 10.7. The van der Waals surface area contributed by atoms with Gasteiger partial charge in [0.15, 0.2) is 17.4 Å². The number of rotatable bonds is 6. The van der Waals surface area contributed by atoms with Crippen molar-refractivity contribution in [3.8, 4) is 11.5 Å². The number of hydrogen-bond acceptors (Lipinski definition) is 18. The molecule has 4 saturated heterocycles. The smallest absolute Gasteiger partial charge is 0.329 e. The first-order valence-corrected chi connectivity index (χ1v) is 30.2. The van der Waals surface area contributed by atoms with E-state index in [4.69, 9.17) is 24.6 Å². The van der Waals surface area contributed by atoms with Gasteiger partial charge in [0.1, 0.15) is 65.6 Å². The molecule has 6 N–H and O–H groups in total. The molecule has 0 radical (unpaired) electrons. The summed E-state index contributed by atoms with van der Waals surface area (Å²) in [5.41, 5.74) is 3.14. The van der Waals surface area contributed by atoms with Crippen LogP contribution in [-0.2, 0) is 57.4 Å². The highest BCUT2D eigenvalue weighted by atomic mass is 16.6. The number of cyclic esters (lactones) is 1. The molecule has 1 aliphatic carbocycles. The zero-order valence-electron chi connectivity index (χ0n) is 53.1. The molecule has 28 heteroatoms. The maximum Gasteiger partial charge on any atom is 0.329 e. The van der Waals surface area contributed by atoms with Gasteiger partial charge in [-0.15, -0.1) is 0 Å². The minimum Gasteiger partial charge on any atom is -0.458 e. The number of nitrogens with one attached hydrogen (secondary N) is 4. The van der Waals surface area contributed by atoms with Crippen molar-refractivity contribution in [1.82, 2.24) is 55.7 Å². The second kappa shape index (κ2) is 25.8. The number of fused-ring (bicyclic) bond motifs is 8. The minimum atomic E-state index is -1.90. The number of nitrogens with zero attached hydrogens (tertiary/aromatic N) is 7. The van der Waals surface area contributed by atoms with Crippen LogP contribution in [0.2, 0.25) is 0 Å². The molecule has 0 aromatic heterocycles. The number of amides is 10. The van der Waals surface area contributed by atoms with Crippen molar-refractivity contribution >= 4 is 87.8 Å². The van der Waals surface area contributed by atoms with E-state index in [1.165, 1.54) is 67.7 Å². The van der Waals surface area contributed by atoms with Crippen LogP contribution < -0.4 is 32.4 Å². The van der Waals surface area contributed by atoms with E-state index in [2.05, 4.69) is 21.3 Å². The second-order valence-corrected chi connectivity index (χ2v) is 25.5. The molecule has 10 amide bonds. The van der Waals surface area contributed by atoms with Crippen LogP contribution in [0.4, 0.5) is 5.69 Å². The first-order chi connectivity index (χ1) is 41.7. The van der Waals surface area contributed by atoms with Crippen molar-refractivity contribution in [1.29, 1.82) is 0 Å². The molecule has 4 unspecified atom stereocenters. The number of nitrogen functional groups attached to an aromatic ring is 1. The number of anilines is 1. The summed E-state index contributed by atoms with van der Waals surface area (Å²) in [6, 6.07) is -9.37.